The Balaban J connectivity index is 3.46. The number of nitrogens with zero attached hydrogens (tertiary/aromatic N) is 2. The summed E-state index contributed by atoms with van der Waals surface area (Å²) in [6.45, 7) is 8.09. The highest BCUT2D eigenvalue weighted by atomic mass is 16.6. The number of nitrogens with one attached hydrogen (secondary N) is 1. The van der Waals surface area contributed by atoms with Crippen LogP contribution in [0.1, 0.15) is 63.5 Å². The minimum Gasteiger partial charge on any atom is -0.374 e. The van der Waals surface area contributed by atoms with Crippen LogP contribution in [0, 0.1) is 27.2 Å². The molecule has 1 atom stereocenters. The smallest absolute Gasteiger partial charge is 0.303 e. The van der Waals surface area contributed by atoms with E-state index < -0.39 is 9.85 Å². The van der Waals surface area contributed by atoms with E-state index >= 15 is 0 Å². The van der Waals surface area contributed by atoms with Crippen molar-refractivity contribution in [3.05, 3.63) is 37.4 Å². The lowest BCUT2D eigenvalue weighted by atomic mass is 9.91. The molecule has 7 heteroatoms. The summed E-state index contributed by atoms with van der Waals surface area (Å²) in [5, 5.41) is 25.9. The fourth-order valence-electron chi connectivity index (χ4n) is 2.72. The molecule has 0 heterocycles. The number of benzene rings is 1. The molecule has 0 aliphatic carbocycles. The van der Waals surface area contributed by atoms with Gasteiger partial charge >= 0.3 is 5.69 Å². The molecule has 0 aliphatic heterocycles. The molecule has 1 rings (SSSR count). The summed E-state index contributed by atoms with van der Waals surface area (Å²) in [6, 6.07) is 1.44. The molecule has 1 aromatic rings. The zero-order valence-corrected chi connectivity index (χ0v) is 14.2. The highest BCUT2D eigenvalue weighted by Gasteiger charge is 2.32. The second kappa shape index (κ2) is 8.45. The largest absolute Gasteiger partial charge is 0.374 e. The predicted molar refractivity (Wildman–Crippen MR) is 91.2 cm³/mol. The summed E-state index contributed by atoms with van der Waals surface area (Å²) < 4.78 is 0. The molecule has 1 N–H and O–H groups in total. The van der Waals surface area contributed by atoms with Crippen LogP contribution in [0.2, 0.25) is 0 Å². The van der Waals surface area contributed by atoms with Gasteiger partial charge in [-0.05, 0) is 31.2 Å². The van der Waals surface area contributed by atoms with Crippen LogP contribution < -0.4 is 5.32 Å². The first kappa shape index (κ1) is 18.9. The molecule has 128 valence electrons. The van der Waals surface area contributed by atoms with Gasteiger partial charge in [0.15, 0.2) is 5.69 Å². The Kier molecular flexibility index (Phi) is 6.93. The Morgan fingerprint density at radius 1 is 1.17 bits per heavy atom. The average Bonchev–Trinajstić information content (AvgIpc) is 2.50. The highest BCUT2D eigenvalue weighted by molar-refractivity contribution is 5.78. The normalized spacial score (nSPS) is 12.0. The second-order valence-electron chi connectivity index (χ2n) is 5.81. The van der Waals surface area contributed by atoms with Gasteiger partial charge in [0.25, 0.3) is 5.69 Å². The van der Waals surface area contributed by atoms with Crippen molar-refractivity contribution >= 4 is 17.1 Å². The average molecular weight is 323 g/mol. The van der Waals surface area contributed by atoms with Crippen molar-refractivity contribution < 1.29 is 9.85 Å². The van der Waals surface area contributed by atoms with E-state index in [1.807, 2.05) is 13.8 Å². The second-order valence-corrected chi connectivity index (χ2v) is 5.81. The first-order chi connectivity index (χ1) is 10.8. The van der Waals surface area contributed by atoms with Crippen LogP contribution in [0.5, 0.6) is 0 Å². The lowest BCUT2D eigenvalue weighted by Gasteiger charge is -2.16. The van der Waals surface area contributed by atoms with E-state index in [1.54, 1.807) is 6.92 Å². The number of anilines is 1. The Hall–Kier alpha value is -2.18. The number of nitro benzene ring substituents is 2. The summed E-state index contributed by atoms with van der Waals surface area (Å²) in [5.74, 6) is -0.0348. The predicted octanol–water partition coefficient (Wildman–Crippen LogP) is 4.93. The molecular weight excluding hydrogens is 298 g/mol. The molecule has 0 fully saturated rings. The Morgan fingerprint density at radius 3 is 2.30 bits per heavy atom. The van der Waals surface area contributed by atoms with E-state index in [1.165, 1.54) is 6.07 Å². The van der Waals surface area contributed by atoms with Crippen LogP contribution >= 0.6 is 0 Å². The maximum atomic E-state index is 11.6. The van der Waals surface area contributed by atoms with E-state index in [-0.39, 0.29) is 23.0 Å². The first-order valence-corrected chi connectivity index (χ1v) is 8.05. The van der Waals surface area contributed by atoms with E-state index in [2.05, 4.69) is 12.2 Å². The zero-order valence-electron chi connectivity index (χ0n) is 14.2. The van der Waals surface area contributed by atoms with E-state index in [0.717, 1.165) is 25.7 Å². The summed E-state index contributed by atoms with van der Waals surface area (Å²) in [4.78, 5) is 21.9. The minimum atomic E-state index is -0.553. The van der Waals surface area contributed by atoms with Crippen molar-refractivity contribution in [2.45, 2.75) is 59.3 Å². The van der Waals surface area contributed by atoms with Gasteiger partial charge in [0, 0.05) is 18.2 Å². The molecule has 0 aromatic heterocycles. The number of aryl methyl sites for hydroxylation is 1. The molecule has 0 aliphatic rings. The molecule has 0 amide bonds. The Morgan fingerprint density at radius 2 is 1.83 bits per heavy atom. The van der Waals surface area contributed by atoms with Crippen LogP contribution in [0.25, 0.3) is 0 Å². The van der Waals surface area contributed by atoms with Gasteiger partial charge in [-0.15, -0.1) is 0 Å². The van der Waals surface area contributed by atoms with Gasteiger partial charge in [0.05, 0.1) is 9.85 Å². The van der Waals surface area contributed by atoms with E-state index in [0.29, 0.717) is 17.7 Å². The maximum absolute atomic E-state index is 11.6. The van der Waals surface area contributed by atoms with Crippen LogP contribution in [-0.4, -0.2) is 16.4 Å². The van der Waals surface area contributed by atoms with Crippen LogP contribution in [0.4, 0.5) is 17.1 Å². The van der Waals surface area contributed by atoms with Crippen LogP contribution in [-0.2, 0) is 0 Å². The monoisotopic (exact) mass is 323 g/mol. The van der Waals surface area contributed by atoms with Crippen molar-refractivity contribution in [1.29, 1.82) is 0 Å². The van der Waals surface area contributed by atoms with Crippen molar-refractivity contribution in [1.82, 2.24) is 0 Å². The summed E-state index contributed by atoms with van der Waals surface area (Å²) >= 11 is 0. The highest BCUT2D eigenvalue weighted by Crippen LogP contribution is 2.43. The van der Waals surface area contributed by atoms with E-state index in [4.69, 9.17) is 0 Å². The third-order valence-electron chi connectivity index (χ3n) is 4.09. The van der Waals surface area contributed by atoms with Gasteiger partial charge in [-0.3, -0.25) is 20.2 Å². The molecule has 23 heavy (non-hydrogen) atoms. The fourth-order valence-corrected chi connectivity index (χ4v) is 2.72. The Bertz CT molecular complexity index is 587. The number of hydrogen-bond donors (Lipinski definition) is 1. The van der Waals surface area contributed by atoms with Crippen LogP contribution in [0.3, 0.4) is 0 Å². The molecule has 1 aromatic carbocycles. The number of rotatable bonds is 9. The fraction of sp³-hybridized carbons (Fsp3) is 0.625. The molecule has 1 unspecified atom stereocenters. The third kappa shape index (κ3) is 4.40. The van der Waals surface area contributed by atoms with Gasteiger partial charge in [0.2, 0.25) is 0 Å². The number of unbranched alkanes of at least 4 members (excludes halogenated alkanes) is 2. The van der Waals surface area contributed by atoms with Gasteiger partial charge in [-0.25, -0.2) is 0 Å². The number of nitro groups is 2. The van der Waals surface area contributed by atoms with Crippen molar-refractivity contribution in [3.63, 3.8) is 0 Å². The summed E-state index contributed by atoms with van der Waals surface area (Å²) in [6.07, 6.45) is 3.53. The van der Waals surface area contributed by atoms with Gasteiger partial charge in [0.1, 0.15) is 0 Å². The molecule has 7 nitrogen and oxygen atoms in total. The molecular formula is C16H25N3O4. The maximum Gasteiger partial charge on any atom is 0.303 e. The lowest BCUT2D eigenvalue weighted by Crippen LogP contribution is -2.11. The molecule has 0 saturated heterocycles. The summed E-state index contributed by atoms with van der Waals surface area (Å²) in [7, 11) is 0. The third-order valence-corrected chi connectivity index (χ3v) is 4.09. The quantitative estimate of drug-likeness (QED) is 0.395. The minimum absolute atomic E-state index is 0.0348. The van der Waals surface area contributed by atoms with Gasteiger partial charge in [-0.2, -0.15) is 0 Å². The van der Waals surface area contributed by atoms with Gasteiger partial charge < -0.3 is 5.32 Å². The van der Waals surface area contributed by atoms with Crippen molar-refractivity contribution in [2.24, 2.45) is 0 Å². The van der Waals surface area contributed by atoms with Crippen molar-refractivity contribution in [3.8, 4) is 0 Å². The zero-order chi connectivity index (χ0) is 17.6. The topological polar surface area (TPSA) is 98.3 Å². The Labute approximate surface area is 136 Å². The molecule has 0 bridgehead atoms. The SMILES string of the molecule is CCCCCNc1c([N+](=O)[O-])cc(C)c(C(C)CC)c1[N+](=O)[O-]. The van der Waals surface area contributed by atoms with Gasteiger partial charge in [-0.1, -0.05) is 33.6 Å². The molecule has 0 spiro atoms. The first-order valence-electron chi connectivity index (χ1n) is 8.05. The van der Waals surface area contributed by atoms with Crippen LogP contribution in [0.15, 0.2) is 6.07 Å². The van der Waals surface area contributed by atoms with Crippen molar-refractivity contribution in [2.75, 3.05) is 11.9 Å². The summed E-state index contributed by atoms with van der Waals surface area (Å²) in [5.41, 5.74) is 0.843. The standard InChI is InChI=1S/C16H25N3O4/c1-5-7-8-9-17-15-13(18(20)21)10-12(4)14(11(3)6-2)16(15)19(22)23/h10-11,17H,5-9H2,1-4H3. The molecule has 0 saturated carbocycles. The number of hydrogen-bond acceptors (Lipinski definition) is 5. The molecule has 0 radical (unpaired) electrons. The van der Waals surface area contributed by atoms with E-state index in [9.17, 15) is 20.2 Å². The lowest BCUT2D eigenvalue weighted by molar-refractivity contribution is -0.392.